The first-order valence-corrected chi connectivity index (χ1v) is 8.94. The molecule has 0 spiro atoms. The van der Waals surface area contributed by atoms with Gasteiger partial charge in [0.2, 0.25) is 0 Å². The fourth-order valence-electron chi connectivity index (χ4n) is 1.09. The second kappa shape index (κ2) is 5.39. The van der Waals surface area contributed by atoms with Crippen molar-refractivity contribution in [3.05, 3.63) is 8.78 Å². The number of aliphatic hydroxyl groups excluding tert-OH is 1. The van der Waals surface area contributed by atoms with E-state index in [1.54, 1.807) is 3.20 Å². The Balaban J connectivity index is 4.26. The van der Waals surface area contributed by atoms with Crippen LogP contribution in [-0.2, 0) is 0 Å². The predicted octanol–water partition coefficient (Wildman–Crippen LogP) is 3.35. The molecule has 0 fully saturated rings. The van der Waals surface area contributed by atoms with Gasteiger partial charge in [-0.05, 0) is 23.0 Å². The highest BCUT2D eigenvalue weighted by Crippen LogP contribution is 2.26. The molecule has 0 amide bonds. The summed E-state index contributed by atoms with van der Waals surface area (Å²) in [5, 5.41) is 8.69. The van der Waals surface area contributed by atoms with Crippen LogP contribution in [0.2, 0.25) is 19.6 Å². The first-order chi connectivity index (χ1) is 5.39. The molecule has 0 atom stereocenters. The fourth-order valence-corrected chi connectivity index (χ4v) is 2.77. The molecule has 0 bridgehead atoms. The van der Waals surface area contributed by atoms with Gasteiger partial charge in [0.05, 0.1) is 8.07 Å². The van der Waals surface area contributed by atoms with E-state index < -0.39 is 8.07 Å². The van der Waals surface area contributed by atoms with Gasteiger partial charge in [0.1, 0.15) is 0 Å². The second-order valence-electron chi connectivity index (χ2n) is 4.17. The molecular formula is C9H19IOSi. The maximum absolute atomic E-state index is 8.69. The highest BCUT2D eigenvalue weighted by atomic mass is 127. The van der Waals surface area contributed by atoms with Crippen molar-refractivity contribution in [2.75, 3.05) is 6.61 Å². The maximum Gasteiger partial charge on any atom is 0.0853 e. The summed E-state index contributed by atoms with van der Waals surface area (Å²) in [6.07, 6.45) is 1.96. The van der Waals surface area contributed by atoms with Crippen molar-refractivity contribution in [1.29, 1.82) is 0 Å². The molecule has 1 nitrogen and oxygen atoms in total. The summed E-state index contributed by atoms with van der Waals surface area (Å²) in [5.41, 5.74) is 1.48. The van der Waals surface area contributed by atoms with Crippen molar-refractivity contribution in [3.63, 3.8) is 0 Å². The van der Waals surface area contributed by atoms with Gasteiger partial charge in [-0.15, -0.1) is 0 Å². The van der Waals surface area contributed by atoms with E-state index in [9.17, 15) is 0 Å². The molecule has 12 heavy (non-hydrogen) atoms. The third-order valence-electron chi connectivity index (χ3n) is 1.74. The zero-order valence-corrected chi connectivity index (χ0v) is 11.6. The average Bonchev–Trinajstić information content (AvgIpc) is 1.97. The zero-order valence-electron chi connectivity index (χ0n) is 8.45. The first kappa shape index (κ1) is 12.6. The molecule has 0 aliphatic carbocycles. The number of rotatable bonds is 4. The third-order valence-corrected chi connectivity index (χ3v) is 9.26. The Morgan fingerprint density at radius 3 is 2.17 bits per heavy atom. The molecule has 0 aliphatic heterocycles. The van der Waals surface area contributed by atoms with Crippen molar-refractivity contribution in [1.82, 2.24) is 0 Å². The molecule has 0 aliphatic rings. The van der Waals surface area contributed by atoms with Crippen LogP contribution in [0.3, 0.4) is 0 Å². The van der Waals surface area contributed by atoms with Crippen LogP contribution in [0, 0.1) is 0 Å². The van der Waals surface area contributed by atoms with Crippen LogP contribution in [0.1, 0.15) is 19.8 Å². The molecule has 0 unspecified atom stereocenters. The lowest BCUT2D eigenvalue weighted by atomic mass is 10.2. The molecular weight excluding hydrogens is 279 g/mol. The maximum atomic E-state index is 8.69. The van der Waals surface area contributed by atoms with Gasteiger partial charge in [-0.2, -0.15) is 0 Å². The molecule has 0 heterocycles. The lowest BCUT2D eigenvalue weighted by Crippen LogP contribution is -2.21. The predicted molar refractivity (Wildman–Crippen MR) is 66.4 cm³/mol. The van der Waals surface area contributed by atoms with E-state index in [1.165, 1.54) is 5.57 Å². The van der Waals surface area contributed by atoms with E-state index in [4.69, 9.17) is 5.11 Å². The zero-order chi connectivity index (χ0) is 9.78. The van der Waals surface area contributed by atoms with Crippen molar-refractivity contribution < 1.29 is 5.11 Å². The molecule has 0 saturated carbocycles. The van der Waals surface area contributed by atoms with E-state index in [2.05, 4.69) is 49.2 Å². The van der Waals surface area contributed by atoms with Gasteiger partial charge in [0, 0.05) is 6.61 Å². The van der Waals surface area contributed by atoms with Crippen LogP contribution in [0.4, 0.5) is 0 Å². The van der Waals surface area contributed by atoms with E-state index in [-0.39, 0.29) is 0 Å². The van der Waals surface area contributed by atoms with Gasteiger partial charge in [0.15, 0.2) is 0 Å². The molecule has 0 rings (SSSR count). The summed E-state index contributed by atoms with van der Waals surface area (Å²) in [5.74, 6) is 0. The summed E-state index contributed by atoms with van der Waals surface area (Å²) in [7, 11) is -1.09. The van der Waals surface area contributed by atoms with Crippen molar-refractivity contribution >= 4 is 30.7 Å². The van der Waals surface area contributed by atoms with Crippen LogP contribution in [-0.4, -0.2) is 19.8 Å². The largest absolute Gasteiger partial charge is 0.396 e. The van der Waals surface area contributed by atoms with Crippen molar-refractivity contribution in [3.8, 4) is 0 Å². The van der Waals surface area contributed by atoms with Crippen LogP contribution < -0.4 is 0 Å². The number of hydrogen-bond acceptors (Lipinski definition) is 1. The number of hydrogen-bond donors (Lipinski definition) is 1. The van der Waals surface area contributed by atoms with Gasteiger partial charge in [-0.3, -0.25) is 0 Å². The van der Waals surface area contributed by atoms with E-state index >= 15 is 0 Å². The highest BCUT2D eigenvalue weighted by molar-refractivity contribution is 14.1. The van der Waals surface area contributed by atoms with Gasteiger partial charge < -0.3 is 5.11 Å². The Labute approximate surface area is 90.4 Å². The standard InChI is InChI=1S/C9H19IOSi/c1-8(6-5-7-11)9(10)12(2,3)4/h11H,5-7H2,1-4H3/b9-8+. The number of halogens is 1. The second-order valence-corrected chi connectivity index (χ2v) is 11.3. The topological polar surface area (TPSA) is 20.2 Å². The normalized spacial score (nSPS) is 14.5. The molecule has 0 aromatic rings. The minimum absolute atomic E-state index is 0.312. The summed E-state index contributed by atoms with van der Waals surface area (Å²) in [6, 6.07) is 0. The molecule has 0 aromatic carbocycles. The fraction of sp³-hybridized carbons (Fsp3) is 0.778. The van der Waals surface area contributed by atoms with Crippen LogP contribution in [0.5, 0.6) is 0 Å². The number of allylic oxidation sites excluding steroid dienone is 1. The van der Waals surface area contributed by atoms with Gasteiger partial charge >= 0.3 is 0 Å². The molecule has 72 valence electrons. The smallest absolute Gasteiger partial charge is 0.0853 e. The highest BCUT2D eigenvalue weighted by Gasteiger charge is 2.18. The van der Waals surface area contributed by atoms with E-state index in [1.807, 2.05) is 0 Å². The first-order valence-electron chi connectivity index (χ1n) is 4.36. The Kier molecular flexibility index (Phi) is 5.68. The van der Waals surface area contributed by atoms with Gasteiger partial charge in [-0.1, -0.05) is 47.8 Å². The Hall–Kier alpha value is 0.647. The molecule has 0 saturated heterocycles. The Bertz CT molecular complexity index is 170. The molecule has 1 N–H and O–H groups in total. The molecule has 0 aromatic heterocycles. The average molecular weight is 298 g/mol. The van der Waals surface area contributed by atoms with Crippen LogP contribution in [0.15, 0.2) is 8.78 Å². The van der Waals surface area contributed by atoms with Gasteiger partial charge in [-0.25, -0.2) is 0 Å². The van der Waals surface area contributed by atoms with Crippen molar-refractivity contribution in [2.24, 2.45) is 0 Å². The van der Waals surface area contributed by atoms with E-state index in [0.717, 1.165) is 12.8 Å². The molecule has 3 heteroatoms. The summed E-state index contributed by atoms with van der Waals surface area (Å²) < 4.78 is 1.56. The quantitative estimate of drug-likeness (QED) is 0.623. The summed E-state index contributed by atoms with van der Waals surface area (Å²) >= 11 is 2.47. The third kappa shape index (κ3) is 4.62. The monoisotopic (exact) mass is 298 g/mol. The van der Waals surface area contributed by atoms with Crippen LogP contribution in [0.25, 0.3) is 0 Å². The van der Waals surface area contributed by atoms with Crippen LogP contribution >= 0.6 is 22.6 Å². The SMILES string of the molecule is C/C(CCCO)=C(/I)[Si](C)(C)C. The Morgan fingerprint density at radius 1 is 1.33 bits per heavy atom. The number of aliphatic hydroxyl groups is 1. The minimum Gasteiger partial charge on any atom is -0.396 e. The lowest BCUT2D eigenvalue weighted by molar-refractivity contribution is 0.288. The lowest BCUT2D eigenvalue weighted by Gasteiger charge is -2.18. The van der Waals surface area contributed by atoms with E-state index in [0.29, 0.717) is 6.61 Å². The molecule has 0 radical (unpaired) electrons. The summed E-state index contributed by atoms with van der Waals surface area (Å²) in [6.45, 7) is 9.58. The van der Waals surface area contributed by atoms with Gasteiger partial charge in [0.25, 0.3) is 0 Å². The minimum atomic E-state index is -1.09. The summed E-state index contributed by atoms with van der Waals surface area (Å²) in [4.78, 5) is 0. The Morgan fingerprint density at radius 2 is 1.83 bits per heavy atom. The van der Waals surface area contributed by atoms with Crippen molar-refractivity contribution in [2.45, 2.75) is 39.4 Å².